The van der Waals surface area contributed by atoms with E-state index in [9.17, 15) is 9.90 Å². The highest BCUT2D eigenvalue weighted by molar-refractivity contribution is 5.95. The number of carbonyl (C=O) groups is 1. The highest BCUT2D eigenvalue weighted by atomic mass is 16.5. The standard InChI is InChI=1S/C22H28O3/c1-9-18-11(2)10-12(3)19(17(18)8)22(24)25-21-15(6)13(4)20(23)14(5)16(21)7/h10,23H,9H2,1-8H3. The Kier molecular flexibility index (Phi) is 5.26. The van der Waals surface area contributed by atoms with Gasteiger partial charge in [-0.1, -0.05) is 13.0 Å². The van der Waals surface area contributed by atoms with Crippen LogP contribution in [0.15, 0.2) is 6.07 Å². The fraction of sp³-hybridized carbons (Fsp3) is 0.409. The predicted molar refractivity (Wildman–Crippen MR) is 102 cm³/mol. The summed E-state index contributed by atoms with van der Waals surface area (Å²) in [5, 5.41) is 10.2. The molecule has 0 unspecified atom stereocenters. The average molecular weight is 340 g/mol. The second kappa shape index (κ2) is 6.91. The molecule has 25 heavy (non-hydrogen) atoms. The van der Waals surface area contributed by atoms with Crippen molar-refractivity contribution in [2.24, 2.45) is 0 Å². The van der Waals surface area contributed by atoms with Crippen LogP contribution < -0.4 is 4.74 Å². The first kappa shape index (κ1) is 19.0. The summed E-state index contributed by atoms with van der Waals surface area (Å²) in [4.78, 5) is 13.0. The Morgan fingerprint density at radius 1 is 0.880 bits per heavy atom. The van der Waals surface area contributed by atoms with E-state index in [1.54, 1.807) is 0 Å². The molecule has 0 aliphatic rings. The smallest absolute Gasteiger partial charge is 0.344 e. The third kappa shape index (κ3) is 3.15. The molecule has 134 valence electrons. The lowest BCUT2D eigenvalue weighted by molar-refractivity contribution is 0.0730. The van der Waals surface area contributed by atoms with Crippen molar-refractivity contribution in [2.75, 3.05) is 0 Å². The molecule has 0 bridgehead atoms. The number of phenols is 1. The van der Waals surface area contributed by atoms with Crippen LogP contribution in [0.4, 0.5) is 0 Å². The average Bonchev–Trinajstić information content (AvgIpc) is 2.55. The van der Waals surface area contributed by atoms with Crippen molar-refractivity contribution in [1.82, 2.24) is 0 Å². The molecule has 0 saturated heterocycles. The first-order valence-corrected chi connectivity index (χ1v) is 8.72. The molecule has 0 radical (unpaired) electrons. The molecule has 0 aliphatic carbocycles. The van der Waals surface area contributed by atoms with Crippen molar-refractivity contribution in [3.8, 4) is 11.5 Å². The molecule has 0 spiro atoms. The van der Waals surface area contributed by atoms with E-state index < -0.39 is 0 Å². The van der Waals surface area contributed by atoms with Crippen LogP contribution in [-0.4, -0.2) is 11.1 Å². The summed E-state index contributed by atoms with van der Waals surface area (Å²) in [6.07, 6.45) is 0.883. The van der Waals surface area contributed by atoms with Gasteiger partial charge in [0.2, 0.25) is 0 Å². The van der Waals surface area contributed by atoms with Crippen LogP contribution in [0.1, 0.15) is 61.8 Å². The van der Waals surface area contributed by atoms with Gasteiger partial charge in [-0.25, -0.2) is 4.79 Å². The summed E-state index contributed by atoms with van der Waals surface area (Å²) in [7, 11) is 0. The first-order chi connectivity index (χ1) is 11.6. The number of hydrogen-bond acceptors (Lipinski definition) is 3. The number of aromatic hydroxyl groups is 1. The quantitative estimate of drug-likeness (QED) is 0.606. The van der Waals surface area contributed by atoms with Crippen molar-refractivity contribution in [1.29, 1.82) is 0 Å². The molecule has 0 heterocycles. The van der Waals surface area contributed by atoms with Gasteiger partial charge in [-0.15, -0.1) is 0 Å². The number of hydrogen-bond donors (Lipinski definition) is 1. The Hall–Kier alpha value is -2.29. The van der Waals surface area contributed by atoms with Gasteiger partial charge in [-0.05, 0) is 99.4 Å². The minimum Gasteiger partial charge on any atom is -0.507 e. The van der Waals surface area contributed by atoms with Gasteiger partial charge < -0.3 is 9.84 Å². The second-order valence-electron chi connectivity index (χ2n) is 6.91. The normalized spacial score (nSPS) is 10.9. The molecule has 0 amide bonds. The predicted octanol–water partition coefficient (Wildman–Crippen LogP) is 5.33. The lowest BCUT2D eigenvalue weighted by atomic mass is 9.92. The Morgan fingerprint density at radius 2 is 1.40 bits per heavy atom. The van der Waals surface area contributed by atoms with E-state index in [4.69, 9.17) is 4.74 Å². The largest absolute Gasteiger partial charge is 0.507 e. The SMILES string of the molecule is CCc1c(C)cc(C)c(C(=O)Oc2c(C)c(C)c(O)c(C)c2C)c1C. The van der Waals surface area contributed by atoms with Crippen LogP contribution in [-0.2, 0) is 6.42 Å². The third-order valence-electron chi connectivity index (χ3n) is 5.40. The van der Waals surface area contributed by atoms with Crippen molar-refractivity contribution < 1.29 is 14.6 Å². The van der Waals surface area contributed by atoms with E-state index in [1.165, 1.54) is 11.1 Å². The zero-order valence-electron chi connectivity index (χ0n) is 16.5. The van der Waals surface area contributed by atoms with E-state index in [0.29, 0.717) is 11.3 Å². The molecule has 0 saturated carbocycles. The van der Waals surface area contributed by atoms with Crippen molar-refractivity contribution >= 4 is 5.97 Å². The molecule has 3 heteroatoms. The van der Waals surface area contributed by atoms with Gasteiger partial charge in [0.15, 0.2) is 0 Å². The zero-order valence-corrected chi connectivity index (χ0v) is 16.5. The van der Waals surface area contributed by atoms with E-state index in [1.807, 2.05) is 41.5 Å². The topological polar surface area (TPSA) is 46.5 Å². The lowest BCUT2D eigenvalue weighted by Gasteiger charge is -2.19. The molecule has 3 nitrogen and oxygen atoms in total. The van der Waals surface area contributed by atoms with Gasteiger partial charge in [0.25, 0.3) is 0 Å². The van der Waals surface area contributed by atoms with Gasteiger partial charge in [-0.3, -0.25) is 0 Å². The Labute approximate surface area is 150 Å². The van der Waals surface area contributed by atoms with Crippen LogP contribution in [0.3, 0.4) is 0 Å². The number of esters is 1. The molecule has 2 aromatic rings. The highest BCUT2D eigenvalue weighted by Crippen LogP contribution is 2.37. The second-order valence-corrected chi connectivity index (χ2v) is 6.91. The van der Waals surface area contributed by atoms with Gasteiger partial charge in [0, 0.05) is 0 Å². The maximum atomic E-state index is 13.0. The number of benzene rings is 2. The summed E-state index contributed by atoms with van der Waals surface area (Å²) in [5.41, 5.74) is 8.06. The van der Waals surface area contributed by atoms with Gasteiger partial charge in [0.1, 0.15) is 11.5 Å². The monoisotopic (exact) mass is 340 g/mol. The van der Waals surface area contributed by atoms with Crippen molar-refractivity contribution in [3.63, 3.8) is 0 Å². The molecule has 1 N–H and O–H groups in total. The summed E-state index contributed by atoms with van der Waals surface area (Å²) in [6.45, 7) is 15.5. The number of ether oxygens (including phenoxy) is 1. The minimum atomic E-state index is -0.333. The van der Waals surface area contributed by atoms with Gasteiger partial charge in [0.05, 0.1) is 5.56 Å². The molecular formula is C22H28O3. The molecule has 2 rings (SSSR count). The Morgan fingerprint density at radius 3 is 1.88 bits per heavy atom. The molecule has 2 aromatic carbocycles. The number of carbonyl (C=O) groups excluding carboxylic acids is 1. The van der Waals surface area contributed by atoms with Gasteiger partial charge in [-0.2, -0.15) is 0 Å². The zero-order chi connectivity index (χ0) is 19.0. The van der Waals surface area contributed by atoms with Crippen molar-refractivity contribution in [2.45, 2.75) is 61.8 Å². The number of phenolic OH excluding ortho intramolecular Hbond substituents is 1. The van der Waals surface area contributed by atoms with Crippen LogP contribution in [0, 0.1) is 48.5 Å². The van der Waals surface area contributed by atoms with E-state index in [-0.39, 0.29) is 11.7 Å². The van der Waals surface area contributed by atoms with Crippen LogP contribution in [0.25, 0.3) is 0 Å². The minimum absolute atomic E-state index is 0.269. The maximum absolute atomic E-state index is 13.0. The fourth-order valence-electron chi connectivity index (χ4n) is 3.64. The fourth-order valence-corrected chi connectivity index (χ4v) is 3.64. The summed E-state index contributed by atoms with van der Waals surface area (Å²) >= 11 is 0. The van der Waals surface area contributed by atoms with E-state index in [2.05, 4.69) is 19.9 Å². The number of aryl methyl sites for hydroxylation is 2. The lowest BCUT2D eigenvalue weighted by Crippen LogP contribution is -2.16. The Balaban J connectivity index is 2.56. The third-order valence-corrected chi connectivity index (χ3v) is 5.40. The summed E-state index contributed by atoms with van der Waals surface area (Å²) in [6, 6.07) is 2.05. The maximum Gasteiger partial charge on any atom is 0.344 e. The van der Waals surface area contributed by atoms with E-state index in [0.717, 1.165) is 39.8 Å². The van der Waals surface area contributed by atoms with Crippen LogP contribution in [0.2, 0.25) is 0 Å². The summed E-state index contributed by atoms with van der Waals surface area (Å²) < 4.78 is 5.83. The van der Waals surface area contributed by atoms with Crippen LogP contribution >= 0.6 is 0 Å². The van der Waals surface area contributed by atoms with Crippen LogP contribution in [0.5, 0.6) is 11.5 Å². The van der Waals surface area contributed by atoms with Gasteiger partial charge >= 0.3 is 5.97 Å². The first-order valence-electron chi connectivity index (χ1n) is 8.72. The molecule has 0 atom stereocenters. The molecular weight excluding hydrogens is 312 g/mol. The Bertz CT molecular complexity index is 832. The molecule has 0 aromatic heterocycles. The number of rotatable bonds is 3. The molecule has 0 fully saturated rings. The van der Waals surface area contributed by atoms with Crippen molar-refractivity contribution in [3.05, 3.63) is 56.1 Å². The highest BCUT2D eigenvalue weighted by Gasteiger charge is 2.22. The van der Waals surface area contributed by atoms with E-state index >= 15 is 0 Å². The summed E-state index contributed by atoms with van der Waals surface area (Å²) in [5.74, 6) is 0.487. The molecule has 0 aliphatic heterocycles.